The molecule has 0 amide bonds. The van der Waals surface area contributed by atoms with Gasteiger partial charge in [-0.1, -0.05) is 23.7 Å². The zero-order valence-corrected chi connectivity index (χ0v) is 10.7. The van der Waals surface area contributed by atoms with E-state index in [2.05, 4.69) is 16.1 Å². The summed E-state index contributed by atoms with van der Waals surface area (Å²) in [7, 11) is 1.31. The van der Waals surface area contributed by atoms with E-state index in [0.717, 1.165) is 5.56 Å². The third-order valence-corrected chi connectivity index (χ3v) is 2.41. The number of benzene rings is 1. The van der Waals surface area contributed by atoms with Crippen LogP contribution in [0.25, 0.3) is 0 Å². The highest BCUT2D eigenvalue weighted by Gasteiger charge is 2.01. The molecule has 0 spiro atoms. The van der Waals surface area contributed by atoms with Crippen molar-refractivity contribution in [3.8, 4) is 6.07 Å². The van der Waals surface area contributed by atoms with Gasteiger partial charge in [-0.15, -0.1) is 0 Å². The molecule has 0 aromatic heterocycles. The molecule has 0 aliphatic rings. The van der Waals surface area contributed by atoms with Crippen molar-refractivity contribution in [1.82, 2.24) is 5.32 Å². The van der Waals surface area contributed by atoms with Gasteiger partial charge in [0, 0.05) is 23.2 Å². The molecule has 0 bridgehead atoms. The Morgan fingerprint density at radius 2 is 2.39 bits per heavy atom. The predicted molar refractivity (Wildman–Crippen MR) is 68.9 cm³/mol. The number of halogens is 1. The molecule has 1 rings (SSSR count). The Morgan fingerprint density at radius 3 is 3.00 bits per heavy atom. The first-order chi connectivity index (χ1) is 8.65. The highest BCUT2D eigenvalue weighted by molar-refractivity contribution is 6.30. The lowest BCUT2D eigenvalue weighted by molar-refractivity contribution is -0.139. The summed E-state index contributed by atoms with van der Waals surface area (Å²) in [5.74, 6) is -0.383. The molecule has 0 radical (unpaired) electrons. The number of ether oxygens (including phenoxy) is 1. The van der Waals surface area contributed by atoms with Gasteiger partial charge in [-0.05, 0) is 17.7 Å². The lowest BCUT2D eigenvalue weighted by Gasteiger charge is -2.02. The molecule has 0 saturated heterocycles. The molecule has 0 atom stereocenters. The molecule has 0 aliphatic heterocycles. The maximum absolute atomic E-state index is 10.9. The van der Waals surface area contributed by atoms with Crippen molar-refractivity contribution in [2.24, 2.45) is 0 Å². The van der Waals surface area contributed by atoms with Crippen molar-refractivity contribution in [2.75, 3.05) is 13.7 Å². The number of nitrogens with one attached hydrogen (secondary N) is 1. The minimum Gasteiger partial charge on any atom is -0.468 e. The van der Waals surface area contributed by atoms with Gasteiger partial charge in [-0.25, -0.2) is 0 Å². The van der Waals surface area contributed by atoms with Gasteiger partial charge in [0.05, 0.1) is 13.2 Å². The Labute approximate surface area is 111 Å². The fourth-order valence-corrected chi connectivity index (χ4v) is 1.53. The van der Waals surface area contributed by atoms with Crippen molar-refractivity contribution < 1.29 is 9.53 Å². The summed E-state index contributed by atoms with van der Waals surface area (Å²) in [6, 6.07) is 9.35. The van der Waals surface area contributed by atoms with Crippen LogP contribution in [0.1, 0.15) is 5.56 Å². The number of rotatable bonds is 5. The van der Waals surface area contributed by atoms with Crippen LogP contribution in [-0.2, 0) is 16.0 Å². The molecule has 1 N–H and O–H groups in total. The monoisotopic (exact) mass is 264 g/mol. The highest BCUT2D eigenvalue weighted by Crippen LogP contribution is 2.13. The summed E-state index contributed by atoms with van der Waals surface area (Å²) in [4.78, 5) is 10.9. The fourth-order valence-electron chi connectivity index (χ4n) is 1.32. The Kier molecular flexibility index (Phi) is 5.75. The van der Waals surface area contributed by atoms with Crippen LogP contribution in [0.2, 0.25) is 5.02 Å². The van der Waals surface area contributed by atoms with Gasteiger partial charge in [-0.3, -0.25) is 4.79 Å². The first kappa shape index (κ1) is 14.1. The van der Waals surface area contributed by atoms with Crippen molar-refractivity contribution in [1.29, 1.82) is 5.26 Å². The standard InChI is InChI=1S/C13H13ClN2O2/c1-18-13(17)9-16-8-11(7-15)5-10-3-2-4-12(14)6-10/h2-4,6,8,16H,5,9H2,1H3/b11-8-. The van der Waals surface area contributed by atoms with Gasteiger partial charge in [0.25, 0.3) is 0 Å². The second kappa shape index (κ2) is 7.36. The van der Waals surface area contributed by atoms with E-state index in [1.54, 1.807) is 12.1 Å². The molecule has 1 aromatic rings. The van der Waals surface area contributed by atoms with E-state index in [1.807, 2.05) is 12.1 Å². The zero-order valence-electron chi connectivity index (χ0n) is 9.94. The molecule has 18 heavy (non-hydrogen) atoms. The average molecular weight is 265 g/mol. The number of hydrogen-bond donors (Lipinski definition) is 1. The molecule has 1 aromatic carbocycles. The van der Waals surface area contributed by atoms with Gasteiger partial charge in [0.15, 0.2) is 0 Å². The number of allylic oxidation sites excluding steroid dienone is 1. The third-order valence-electron chi connectivity index (χ3n) is 2.18. The van der Waals surface area contributed by atoms with Crippen LogP contribution < -0.4 is 5.32 Å². The Hall–Kier alpha value is -1.99. The van der Waals surface area contributed by atoms with E-state index < -0.39 is 0 Å². The zero-order chi connectivity index (χ0) is 13.4. The lowest BCUT2D eigenvalue weighted by atomic mass is 10.1. The van der Waals surface area contributed by atoms with Crippen molar-refractivity contribution >= 4 is 17.6 Å². The molecule has 5 heteroatoms. The molecule has 0 fully saturated rings. The maximum Gasteiger partial charge on any atom is 0.325 e. The van der Waals surface area contributed by atoms with Crippen LogP contribution in [-0.4, -0.2) is 19.6 Å². The van der Waals surface area contributed by atoms with Gasteiger partial charge in [-0.2, -0.15) is 5.26 Å². The summed E-state index contributed by atoms with van der Waals surface area (Å²) >= 11 is 5.86. The van der Waals surface area contributed by atoms with E-state index in [4.69, 9.17) is 16.9 Å². The second-order valence-electron chi connectivity index (χ2n) is 3.55. The van der Waals surface area contributed by atoms with E-state index in [1.165, 1.54) is 13.3 Å². The number of hydrogen-bond acceptors (Lipinski definition) is 4. The minimum absolute atomic E-state index is 0.0389. The van der Waals surface area contributed by atoms with Crippen LogP contribution in [0.15, 0.2) is 36.0 Å². The van der Waals surface area contributed by atoms with Gasteiger partial charge in [0.1, 0.15) is 6.54 Å². The molecule has 0 aliphatic carbocycles. The number of carbonyl (C=O) groups is 1. The largest absolute Gasteiger partial charge is 0.468 e. The summed E-state index contributed by atoms with van der Waals surface area (Å²) in [6.07, 6.45) is 1.98. The summed E-state index contributed by atoms with van der Waals surface area (Å²) in [6.45, 7) is 0.0389. The van der Waals surface area contributed by atoms with E-state index in [9.17, 15) is 4.79 Å². The predicted octanol–water partition coefficient (Wildman–Crippen LogP) is 2.05. The minimum atomic E-state index is -0.383. The molecular formula is C13H13ClN2O2. The second-order valence-corrected chi connectivity index (χ2v) is 3.98. The maximum atomic E-state index is 10.9. The normalized spacial score (nSPS) is 10.6. The summed E-state index contributed by atoms with van der Waals surface area (Å²) in [5.41, 5.74) is 1.45. The highest BCUT2D eigenvalue weighted by atomic mass is 35.5. The topological polar surface area (TPSA) is 62.1 Å². The van der Waals surface area contributed by atoms with Crippen LogP contribution in [0.3, 0.4) is 0 Å². The summed E-state index contributed by atoms with van der Waals surface area (Å²) in [5, 5.41) is 12.3. The number of carbonyl (C=O) groups excluding carboxylic acids is 1. The number of nitrogens with zero attached hydrogens (tertiary/aromatic N) is 1. The Balaban J connectivity index is 2.59. The van der Waals surface area contributed by atoms with E-state index in [0.29, 0.717) is 17.0 Å². The molecule has 0 saturated carbocycles. The Morgan fingerprint density at radius 1 is 1.61 bits per heavy atom. The first-order valence-electron chi connectivity index (χ1n) is 5.29. The van der Waals surface area contributed by atoms with Crippen molar-refractivity contribution in [3.63, 3.8) is 0 Å². The summed E-state index contributed by atoms with van der Waals surface area (Å²) < 4.78 is 4.47. The van der Waals surface area contributed by atoms with Crippen LogP contribution in [0, 0.1) is 11.3 Å². The molecule has 0 heterocycles. The SMILES string of the molecule is COC(=O)CN/C=C(\C#N)Cc1cccc(Cl)c1. The fraction of sp³-hybridized carbons (Fsp3) is 0.231. The molecular weight excluding hydrogens is 252 g/mol. The van der Waals surface area contributed by atoms with Crippen LogP contribution in [0.5, 0.6) is 0 Å². The lowest BCUT2D eigenvalue weighted by Crippen LogP contribution is -2.19. The third kappa shape index (κ3) is 4.89. The van der Waals surface area contributed by atoms with E-state index >= 15 is 0 Å². The number of methoxy groups -OCH3 is 1. The van der Waals surface area contributed by atoms with Crippen LogP contribution >= 0.6 is 11.6 Å². The number of esters is 1. The van der Waals surface area contributed by atoms with Crippen LogP contribution in [0.4, 0.5) is 0 Å². The quantitative estimate of drug-likeness (QED) is 0.653. The smallest absolute Gasteiger partial charge is 0.325 e. The first-order valence-corrected chi connectivity index (χ1v) is 5.67. The molecule has 94 valence electrons. The molecule has 4 nitrogen and oxygen atoms in total. The van der Waals surface area contributed by atoms with Gasteiger partial charge in [0.2, 0.25) is 0 Å². The number of nitriles is 1. The average Bonchev–Trinajstić information content (AvgIpc) is 2.37. The van der Waals surface area contributed by atoms with Gasteiger partial charge >= 0.3 is 5.97 Å². The van der Waals surface area contributed by atoms with Gasteiger partial charge < -0.3 is 10.1 Å². The van der Waals surface area contributed by atoms with E-state index in [-0.39, 0.29) is 12.5 Å². The Bertz CT molecular complexity index is 492. The van der Waals surface area contributed by atoms with Crippen molar-refractivity contribution in [2.45, 2.75) is 6.42 Å². The van der Waals surface area contributed by atoms with Crippen molar-refractivity contribution in [3.05, 3.63) is 46.6 Å². The molecule has 0 unspecified atom stereocenters.